The molecule has 0 atom stereocenters. The third-order valence-corrected chi connectivity index (χ3v) is 6.79. The van der Waals surface area contributed by atoms with E-state index in [2.05, 4.69) is 59.9 Å². The number of hydrogen-bond donors (Lipinski definition) is 1. The van der Waals surface area contributed by atoms with Gasteiger partial charge in [0.25, 0.3) is 11.8 Å². The Balaban J connectivity index is 1.31. The number of rotatable bonds is 6. The van der Waals surface area contributed by atoms with E-state index in [1.165, 1.54) is 15.7 Å². The molecule has 0 radical (unpaired) electrons. The Bertz CT molecular complexity index is 1580. The standard InChI is InChI=1S/C32H24N2O2/c35-31-28-17-7-8-18-29(28)32(36)34(31)21-24-12-3-5-15-26(24)25-14-4-2-11-23(25)20-33-30-19-9-13-22-10-1-6-16-27(22)30/h1-19,33H,20-21H2. The number of imide groups is 1. The number of nitrogens with zero attached hydrogens (tertiary/aromatic N) is 1. The molecule has 1 heterocycles. The Hall–Kier alpha value is -4.70. The van der Waals surface area contributed by atoms with Crippen LogP contribution in [0, 0.1) is 0 Å². The Labute approximate surface area is 209 Å². The van der Waals surface area contributed by atoms with E-state index in [0.29, 0.717) is 17.7 Å². The van der Waals surface area contributed by atoms with Crippen molar-refractivity contribution in [2.75, 3.05) is 5.32 Å². The minimum atomic E-state index is -0.240. The van der Waals surface area contributed by atoms with Gasteiger partial charge < -0.3 is 5.32 Å². The van der Waals surface area contributed by atoms with Crippen molar-refractivity contribution in [3.8, 4) is 11.1 Å². The summed E-state index contributed by atoms with van der Waals surface area (Å²) in [4.78, 5) is 27.3. The summed E-state index contributed by atoms with van der Waals surface area (Å²) in [5, 5.41) is 5.99. The fraction of sp³-hybridized carbons (Fsp3) is 0.0625. The molecule has 1 N–H and O–H groups in total. The quantitative estimate of drug-likeness (QED) is 0.275. The molecule has 0 aliphatic carbocycles. The second kappa shape index (κ2) is 9.16. The van der Waals surface area contributed by atoms with Crippen molar-refractivity contribution in [3.63, 3.8) is 0 Å². The summed E-state index contributed by atoms with van der Waals surface area (Å²) in [7, 11) is 0. The van der Waals surface area contributed by atoms with E-state index in [4.69, 9.17) is 0 Å². The van der Waals surface area contributed by atoms with Crippen molar-refractivity contribution in [3.05, 3.63) is 138 Å². The predicted octanol–water partition coefficient (Wildman–Crippen LogP) is 6.92. The summed E-state index contributed by atoms with van der Waals surface area (Å²) in [6.07, 6.45) is 0. The van der Waals surface area contributed by atoms with Gasteiger partial charge in [-0.2, -0.15) is 0 Å². The maximum atomic E-state index is 13.0. The van der Waals surface area contributed by atoms with Crippen LogP contribution in [0.4, 0.5) is 5.69 Å². The van der Waals surface area contributed by atoms with Gasteiger partial charge in [-0.3, -0.25) is 14.5 Å². The fourth-order valence-electron chi connectivity index (χ4n) is 4.98. The molecule has 5 aromatic carbocycles. The first-order valence-corrected chi connectivity index (χ1v) is 12.0. The zero-order valence-electron chi connectivity index (χ0n) is 19.6. The van der Waals surface area contributed by atoms with E-state index in [9.17, 15) is 9.59 Å². The highest BCUT2D eigenvalue weighted by Gasteiger charge is 2.35. The zero-order valence-corrected chi connectivity index (χ0v) is 19.6. The molecule has 174 valence electrons. The number of amides is 2. The fourth-order valence-corrected chi connectivity index (χ4v) is 4.98. The lowest BCUT2D eigenvalue weighted by Gasteiger charge is -2.19. The maximum Gasteiger partial charge on any atom is 0.261 e. The second-order valence-corrected chi connectivity index (χ2v) is 8.94. The summed E-state index contributed by atoms with van der Waals surface area (Å²) >= 11 is 0. The van der Waals surface area contributed by atoms with E-state index in [1.54, 1.807) is 24.3 Å². The predicted molar refractivity (Wildman–Crippen MR) is 144 cm³/mol. The third-order valence-electron chi connectivity index (χ3n) is 6.79. The number of nitrogens with one attached hydrogen (secondary N) is 1. The van der Waals surface area contributed by atoms with E-state index in [0.717, 1.165) is 27.9 Å². The van der Waals surface area contributed by atoms with Crippen molar-refractivity contribution in [2.45, 2.75) is 13.1 Å². The zero-order chi connectivity index (χ0) is 24.5. The number of hydrogen-bond acceptors (Lipinski definition) is 3. The first kappa shape index (κ1) is 21.8. The van der Waals surface area contributed by atoms with Gasteiger partial charge in [-0.15, -0.1) is 0 Å². The normalized spacial score (nSPS) is 12.7. The molecular weight excluding hydrogens is 444 g/mol. The third kappa shape index (κ3) is 3.83. The molecule has 4 heteroatoms. The van der Waals surface area contributed by atoms with Crippen molar-refractivity contribution in [2.24, 2.45) is 0 Å². The summed E-state index contributed by atoms with van der Waals surface area (Å²) in [5.74, 6) is -0.479. The van der Waals surface area contributed by atoms with E-state index in [-0.39, 0.29) is 18.4 Å². The number of carbonyl (C=O) groups is 2. The maximum absolute atomic E-state index is 13.0. The van der Waals surface area contributed by atoms with Crippen LogP contribution in [0.3, 0.4) is 0 Å². The highest BCUT2D eigenvalue weighted by atomic mass is 16.2. The average molecular weight is 469 g/mol. The second-order valence-electron chi connectivity index (χ2n) is 8.94. The Kier molecular flexibility index (Phi) is 5.55. The van der Waals surface area contributed by atoms with Crippen LogP contribution in [-0.2, 0) is 13.1 Å². The van der Waals surface area contributed by atoms with Gasteiger partial charge in [0, 0.05) is 17.6 Å². The van der Waals surface area contributed by atoms with Gasteiger partial charge in [-0.25, -0.2) is 0 Å². The molecule has 0 aromatic heterocycles. The number of carbonyl (C=O) groups excluding carboxylic acids is 2. The van der Waals surface area contributed by atoms with Crippen LogP contribution in [0.25, 0.3) is 21.9 Å². The van der Waals surface area contributed by atoms with Crippen molar-refractivity contribution in [1.82, 2.24) is 4.90 Å². The lowest BCUT2D eigenvalue weighted by molar-refractivity contribution is 0.0642. The summed E-state index contributed by atoms with van der Waals surface area (Å²) in [6, 6.07) is 37.9. The molecule has 0 bridgehead atoms. The van der Waals surface area contributed by atoms with Gasteiger partial charge in [0.05, 0.1) is 17.7 Å². The molecule has 36 heavy (non-hydrogen) atoms. The van der Waals surface area contributed by atoms with E-state index in [1.807, 2.05) is 36.4 Å². The number of anilines is 1. The summed E-state index contributed by atoms with van der Waals surface area (Å²) < 4.78 is 0. The Morgan fingerprint density at radius 2 is 1.06 bits per heavy atom. The molecule has 4 nitrogen and oxygen atoms in total. The number of benzene rings is 5. The minimum absolute atomic E-state index is 0.230. The largest absolute Gasteiger partial charge is 0.380 e. The number of fused-ring (bicyclic) bond motifs is 2. The average Bonchev–Trinajstić information content (AvgIpc) is 3.17. The molecule has 0 spiro atoms. The SMILES string of the molecule is O=C1c2ccccc2C(=O)N1Cc1ccccc1-c1ccccc1CNc1cccc2ccccc12. The van der Waals surface area contributed by atoms with E-state index >= 15 is 0 Å². The molecule has 0 saturated heterocycles. The molecule has 0 saturated carbocycles. The summed E-state index contributed by atoms with van der Waals surface area (Å²) in [6.45, 7) is 0.874. The molecule has 1 aliphatic heterocycles. The van der Waals surface area contributed by atoms with E-state index < -0.39 is 0 Å². The van der Waals surface area contributed by atoms with Crippen LogP contribution in [-0.4, -0.2) is 16.7 Å². The van der Waals surface area contributed by atoms with Gasteiger partial charge in [0.15, 0.2) is 0 Å². The molecule has 5 aromatic rings. The lowest BCUT2D eigenvalue weighted by Crippen LogP contribution is -2.29. The van der Waals surface area contributed by atoms with Crippen LogP contribution < -0.4 is 5.32 Å². The Morgan fingerprint density at radius 3 is 1.78 bits per heavy atom. The highest BCUT2D eigenvalue weighted by molar-refractivity contribution is 6.21. The van der Waals surface area contributed by atoms with Crippen LogP contribution in [0.5, 0.6) is 0 Å². The molecule has 6 rings (SSSR count). The topological polar surface area (TPSA) is 49.4 Å². The molecular formula is C32H24N2O2. The van der Waals surface area contributed by atoms with Crippen LogP contribution in [0.2, 0.25) is 0 Å². The molecule has 1 aliphatic rings. The van der Waals surface area contributed by atoms with Crippen LogP contribution >= 0.6 is 0 Å². The first-order chi connectivity index (χ1) is 17.7. The molecule has 0 fully saturated rings. The Morgan fingerprint density at radius 1 is 0.528 bits per heavy atom. The monoisotopic (exact) mass is 468 g/mol. The van der Waals surface area contributed by atoms with Crippen molar-refractivity contribution < 1.29 is 9.59 Å². The molecule has 0 unspecified atom stereocenters. The van der Waals surface area contributed by atoms with Gasteiger partial charge >= 0.3 is 0 Å². The summed E-state index contributed by atoms with van der Waals surface area (Å²) in [5.41, 5.74) is 6.20. The lowest BCUT2D eigenvalue weighted by atomic mass is 9.95. The van der Waals surface area contributed by atoms with Crippen molar-refractivity contribution in [1.29, 1.82) is 0 Å². The highest BCUT2D eigenvalue weighted by Crippen LogP contribution is 2.32. The first-order valence-electron chi connectivity index (χ1n) is 12.0. The van der Waals surface area contributed by atoms with Crippen LogP contribution in [0.15, 0.2) is 115 Å². The van der Waals surface area contributed by atoms with Crippen molar-refractivity contribution >= 4 is 28.3 Å². The smallest absolute Gasteiger partial charge is 0.261 e. The van der Waals surface area contributed by atoms with Gasteiger partial charge in [0.2, 0.25) is 0 Å². The minimum Gasteiger partial charge on any atom is -0.380 e. The van der Waals surface area contributed by atoms with Gasteiger partial charge in [0.1, 0.15) is 0 Å². The van der Waals surface area contributed by atoms with Crippen LogP contribution in [0.1, 0.15) is 31.8 Å². The van der Waals surface area contributed by atoms with Gasteiger partial charge in [-0.1, -0.05) is 97.1 Å². The van der Waals surface area contributed by atoms with Gasteiger partial charge in [-0.05, 0) is 45.8 Å². The molecule has 2 amide bonds.